The fourth-order valence-corrected chi connectivity index (χ4v) is 4.49. The number of hydrogen-bond acceptors (Lipinski definition) is 9. The molecule has 2 N–H and O–H groups in total. The molecule has 168 valence electrons. The van der Waals surface area contributed by atoms with Crippen LogP contribution in [0.5, 0.6) is 0 Å². The molecule has 0 saturated carbocycles. The van der Waals surface area contributed by atoms with Crippen LogP contribution in [0.15, 0.2) is 53.7 Å². The molecular formula is C20H23N7O4S. The van der Waals surface area contributed by atoms with Gasteiger partial charge < -0.3 is 10.6 Å². The molecule has 3 rings (SSSR count). The van der Waals surface area contributed by atoms with E-state index in [2.05, 4.69) is 25.6 Å². The Morgan fingerprint density at radius 3 is 2.19 bits per heavy atom. The maximum absolute atomic E-state index is 12.6. The summed E-state index contributed by atoms with van der Waals surface area (Å²) in [4.78, 5) is 23.5. The largest absolute Gasteiger partial charge is 0.353 e. The molecule has 0 spiro atoms. The molecule has 0 aliphatic rings. The monoisotopic (exact) mass is 457 g/mol. The van der Waals surface area contributed by atoms with Gasteiger partial charge in [-0.25, -0.2) is 23.4 Å². The molecule has 0 atom stereocenters. The maximum atomic E-state index is 12.6. The lowest BCUT2D eigenvalue weighted by molar-refractivity contribution is -0.383. The highest BCUT2D eigenvalue weighted by Gasteiger charge is 2.24. The number of hydrogen-bond donors (Lipinski definition) is 2. The molecule has 11 nitrogen and oxygen atoms in total. The Labute approximate surface area is 185 Å². The Morgan fingerprint density at radius 2 is 1.62 bits per heavy atom. The van der Waals surface area contributed by atoms with Crippen molar-refractivity contribution in [1.29, 1.82) is 0 Å². The second-order valence-corrected chi connectivity index (χ2v) is 8.64. The van der Waals surface area contributed by atoms with Crippen molar-refractivity contribution in [3.05, 3.63) is 64.6 Å². The van der Waals surface area contributed by atoms with Crippen molar-refractivity contribution >= 4 is 38.9 Å². The number of aryl methyl sites for hydroxylation is 1. The van der Waals surface area contributed by atoms with Gasteiger partial charge in [0, 0.05) is 24.5 Å². The average Bonchev–Trinajstić information content (AvgIpc) is 2.75. The van der Waals surface area contributed by atoms with Crippen LogP contribution in [0, 0.1) is 17.0 Å². The lowest BCUT2D eigenvalue weighted by Gasteiger charge is -2.18. The van der Waals surface area contributed by atoms with Crippen LogP contribution in [0.1, 0.15) is 19.5 Å². The first-order valence-corrected chi connectivity index (χ1v) is 11.3. The molecule has 3 aromatic rings. The van der Waals surface area contributed by atoms with E-state index in [1.807, 2.05) is 0 Å². The van der Waals surface area contributed by atoms with Crippen molar-refractivity contribution in [2.24, 2.45) is 0 Å². The SMILES string of the molecule is CCN(CC)S(=O)(=O)c1ccc(Nc2ncnc(Nc3cccc(C)n3)c2[N+](=O)[O-])cc1. The Morgan fingerprint density at radius 1 is 1.00 bits per heavy atom. The second-order valence-electron chi connectivity index (χ2n) is 6.70. The molecule has 32 heavy (non-hydrogen) atoms. The Hall–Kier alpha value is -3.64. The molecule has 0 fully saturated rings. The Balaban J connectivity index is 1.90. The smallest absolute Gasteiger partial charge is 0.334 e. The summed E-state index contributed by atoms with van der Waals surface area (Å²) in [6.07, 6.45) is 1.19. The molecule has 2 heterocycles. The van der Waals surface area contributed by atoms with Gasteiger partial charge in [-0.05, 0) is 43.3 Å². The average molecular weight is 458 g/mol. The number of nitrogens with zero attached hydrogens (tertiary/aromatic N) is 5. The van der Waals surface area contributed by atoms with E-state index < -0.39 is 14.9 Å². The van der Waals surface area contributed by atoms with Crippen LogP contribution in [0.2, 0.25) is 0 Å². The van der Waals surface area contributed by atoms with E-state index in [-0.39, 0.29) is 22.2 Å². The quantitative estimate of drug-likeness (QED) is 0.364. The zero-order chi connectivity index (χ0) is 23.3. The van der Waals surface area contributed by atoms with Crippen molar-refractivity contribution in [2.45, 2.75) is 25.7 Å². The first kappa shape index (κ1) is 23.0. The minimum absolute atomic E-state index is 0.0219. The van der Waals surface area contributed by atoms with E-state index in [1.54, 1.807) is 39.0 Å². The number of pyridine rings is 1. The van der Waals surface area contributed by atoms with Crippen molar-refractivity contribution in [3.8, 4) is 0 Å². The van der Waals surface area contributed by atoms with E-state index in [9.17, 15) is 18.5 Å². The summed E-state index contributed by atoms with van der Waals surface area (Å²) in [5.41, 5.74) is 0.811. The summed E-state index contributed by atoms with van der Waals surface area (Å²) < 4.78 is 26.6. The van der Waals surface area contributed by atoms with Crippen LogP contribution < -0.4 is 10.6 Å². The third-order valence-corrected chi connectivity index (χ3v) is 6.66. The van der Waals surface area contributed by atoms with Gasteiger partial charge in [0.2, 0.25) is 21.7 Å². The van der Waals surface area contributed by atoms with Gasteiger partial charge in [0.1, 0.15) is 12.1 Å². The van der Waals surface area contributed by atoms with Gasteiger partial charge in [-0.2, -0.15) is 4.31 Å². The molecule has 1 aromatic carbocycles. The summed E-state index contributed by atoms with van der Waals surface area (Å²) in [5.74, 6) is 0.342. The first-order chi connectivity index (χ1) is 15.3. The van der Waals surface area contributed by atoms with E-state index in [1.165, 1.54) is 34.9 Å². The highest BCUT2D eigenvalue weighted by atomic mass is 32.2. The van der Waals surface area contributed by atoms with Crippen LogP contribution in [0.3, 0.4) is 0 Å². The summed E-state index contributed by atoms with van der Waals surface area (Å²) in [6.45, 7) is 6.05. The van der Waals surface area contributed by atoms with Crippen LogP contribution in [-0.4, -0.2) is 45.7 Å². The molecule has 0 amide bonds. The number of nitrogens with one attached hydrogen (secondary N) is 2. The third kappa shape index (κ3) is 4.98. The number of nitro groups is 1. The molecular weight excluding hydrogens is 434 g/mol. The van der Waals surface area contributed by atoms with Crippen molar-refractivity contribution < 1.29 is 13.3 Å². The molecule has 0 bridgehead atoms. The zero-order valence-corrected chi connectivity index (χ0v) is 18.6. The van der Waals surface area contributed by atoms with Gasteiger partial charge in [-0.15, -0.1) is 0 Å². The summed E-state index contributed by atoms with van der Waals surface area (Å²) in [6, 6.07) is 11.2. The maximum Gasteiger partial charge on any atom is 0.353 e. The number of sulfonamides is 1. The van der Waals surface area contributed by atoms with Gasteiger partial charge >= 0.3 is 5.69 Å². The molecule has 0 radical (unpaired) electrons. The molecule has 0 aliphatic carbocycles. The highest BCUT2D eigenvalue weighted by molar-refractivity contribution is 7.89. The number of rotatable bonds is 9. The van der Waals surface area contributed by atoms with E-state index in [0.717, 1.165) is 5.69 Å². The standard InChI is InChI=1S/C20H23N7O4S/c1-4-26(5-2)32(30,31)16-11-9-15(10-12-16)24-19-18(27(28)29)20(22-13-21-19)25-17-8-6-7-14(3)23-17/h6-13H,4-5H2,1-3H3,(H2,21,22,23,24,25). The zero-order valence-electron chi connectivity index (χ0n) is 17.8. The van der Waals surface area contributed by atoms with Gasteiger partial charge in [0.15, 0.2) is 0 Å². The third-order valence-electron chi connectivity index (χ3n) is 4.60. The van der Waals surface area contributed by atoms with E-state index >= 15 is 0 Å². The minimum Gasteiger partial charge on any atom is -0.334 e. The fourth-order valence-electron chi connectivity index (χ4n) is 3.03. The summed E-state index contributed by atoms with van der Waals surface area (Å²) in [7, 11) is -3.60. The van der Waals surface area contributed by atoms with Crippen molar-refractivity contribution in [2.75, 3.05) is 23.7 Å². The molecule has 2 aromatic heterocycles. The molecule has 0 aliphatic heterocycles. The van der Waals surface area contributed by atoms with Crippen LogP contribution in [0.4, 0.5) is 28.8 Å². The Bertz CT molecular complexity index is 1210. The van der Waals surface area contributed by atoms with Gasteiger partial charge in [0.25, 0.3) is 0 Å². The fraction of sp³-hybridized carbons (Fsp3) is 0.250. The topological polar surface area (TPSA) is 143 Å². The van der Waals surface area contributed by atoms with Crippen LogP contribution in [-0.2, 0) is 10.0 Å². The predicted molar refractivity (Wildman–Crippen MR) is 121 cm³/mol. The summed E-state index contributed by atoms with van der Waals surface area (Å²) in [5, 5.41) is 17.5. The van der Waals surface area contributed by atoms with Gasteiger partial charge in [-0.3, -0.25) is 10.1 Å². The first-order valence-electron chi connectivity index (χ1n) is 9.83. The lowest BCUT2D eigenvalue weighted by Crippen LogP contribution is -2.30. The second kappa shape index (κ2) is 9.66. The van der Waals surface area contributed by atoms with Crippen molar-refractivity contribution in [1.82, 2.24) is 19.3 Å². The van der Waals surface area contributed by atoms with Crippen LogP contribution >= 0.6 is 0 Å². The van der Waals surface area contributed by atoms with E-state index in [0.29, 0.717) is 24.6 Å². The number of benzene rings is 1. The van der Waals surface area contributed by atoms with Gasteiger partial charge in [-0.1, -0.05) is 19.9 Å². The number of anilines is 4. The highest BCUT2D eigenvalue weighted by Crippen LogP contribution is 2.33. The van der Waals surface area contributed by atoms with E-state index in [4.69, 9.17) is 0 Å². The normalized spacial score (nSPS) is 11.4. The van der Waals surface area contributed by atoms with Gasteiger partial charge in [0.05, 0.1) is 9.82 Å². The lowest BCUT2D eigenvalue weighted by atomic mass is 10.3. The minimum atomic E-state index is -3.60. The predicted octanol–water partition coefficient (Wildman–Crippen LogP) is 3.61. The summed E-state index contributed by atoms with van der Waals surface area (Å²) >= 11 is 0. The van der Waals surface area contributed by atoms with Crippen LogP contribution in [0.25, 0.3) is 0 Å². The number of aromatic nitrogens is 3. The molecule has 12 heteroatoms. The molecule has 0 unspecified atom stereocenters. The van der Waals surface area contributed by atoms with Crippen molar-refractivity contribution in [3.63, 3.8) is 0 Å². The molecule has 0 saturated heterocycles. The Kier molecular flexibility index (Phi) is 6.95.